The average Bonchev–Trinajstić information content (AvgIpc) is 2.55. The lowest BCUT2D eigenvalue weighted by Gasteiger charge is -2.45. The van der Waals surface area contributed by atoms with E-state index in [2.05, 4.69) is 0 Å². The van der Waals surface area contributed by atoms with Gasteiger partial charge in [0.25, 0.3) is 10.1 Å². The third-order valence-corrected chi connectivity index (χ3v) is 10.7. The molecule has 8 heteroatoms. The van der Waals surface area contributed by atoms with Crippen LogP contribution in [-0.4, -0.2) is 47.8 Å². The van der Waals surface area contributed by atoms with E-state index in [1.807, 2.05) is 0 Å². The van der Waals surface area contributed by atoms with Crippen molar-refractivity contribution in [2.75, 3.05) is 0 Å². The summed E-state index contributed by atoms with van der Waals surface area (Å²) in [5.74, 6) is 0. The summed E-state index contributed by atoms with van der Waals surface area (Å²) in [6.07, 6.45) is 9.65. The van der Waals surface area contributed by atoms with E-state index in [1.165, 1.54) is 20.8 Å². The summed E-state index contributed by atoms with van der Waals surface area (Å²) >= 11 is 0. The molecule has 0 aromatic heterocycles. The number of nitrogens with zero attached hydrogens (tertiary/aromatic N) is 1. The van der Waals surface area contributed by atoms with Gasteiger partial charge in [-0.25, -0.2) is 8.42 Å². The van der Waals surface area contributed by atoms with Gasteiger partial charge < -0.3 is 0 Å². The van der Waals surface area contributed by atoms with E-state index in [0.717, 1.165) is 64.2 Å². The number of hydrogen-bond acceptors (Lipinski definition) is 4. The van der Waals surface area contributed by atoms with Gasteiger partial charge in [0.05, 0.1) is 4.75 Å². The monoisotopic (exact) mass is 395 g/mol. The van der Waals surface area contributed by atoms with Crippen LogP contribution in [0.3, 0.4) is 0 Å². The largest absolute Gasteiger partial charge is 0.285 e. The molecule has 0 aromatic carbocycles. The van der Waals surface area contributed by atoms with Crippen LogP contribution in [0, 0.1) is 0 Å². The molecule has 0 bridgehead atoms. The van der Waals surface area contributed by atoms with E-state index in [-0.39, 0.29) is 12.1 Å². The highest BCUT2D eigenvalue weighted by Gasteiger charge is 2.51. The molecule has 0 aromatic rings. The summed E-state index contributed by atoms with van der Waals surface area (Å²) < 4.78 is 60.1. The molecule has 1 atom stereocenters. The third-order valence-electron chi connectivity index (χ3n) is 6.24. The normalized spacial score (nSPS) is 23.7. The molecule has 0 spiro atoms. The smallest absolute Gasteiger partial charge is 0.269 e. The van der Waals surface area contributed by atoms with Crippen LogP contribution in [0.5, 0.6) is 0 Å². The Balaban J connectivity index is 2.42. The van der Waals surface area contributed by atoms with Gasteiger partial charge in [-0.15, -0.1) is 0 Å². The zero-order valence-corrected chi connectivity index (χ0v) is 17.3. The average molecular weight is 396 g/mol. The van der Waals surface area contributed by atoms with E-state index in [1.54, 1.807) is 4.31 Å². The van der Waals surface area contributed by atoms with Crippen LogP contribution in [0.4, 0.5) is 0 Å². The molecule has 148 valence electrons. The Labute approximate surface area is 153 Å². The first kappa shape index (κ1) is 21.1. The van der Waals surface area contributed by atoms with Crippen LogP contribution in [0.1, 0.15) is 85.0 Å². The third kappa shape index (κ3) is 4.39. The summed E-state index contributed by atoms with van der Waals surface area (Å²) in [5.41, 5.74) is 0. The zero-order valence-electron chi connectivity index (χ0n) is 15.6. The highest BCUT2D eigenvalue weighted by Crippen LogP contribution is 2.38. The molecule has 1 N–H and O–H groups in total. The SMILES string of the molecule is CC(C(C)(C)S(=O)(=O)N(C1CCCCC1)C1CCCCC1)S(=O)(=O)O. The van der Waals surface area contributed by atoms with Crippen molar-refractivity contribution in [3.8, 4) is 0 Å². The minimum Gasteiger partial charge on any atom is -0.285 e. The Morgan fingerprint density at radius 3 is 1.52 bits per heavy atom. The second-order valence-electron chi connectivity index (χ2n) is 8.18. The van der Waals surface area contributed by atoms with Crippen molar-refractivity contribution < 1.29 is 21.4 Å². The van der Waals surface area contributed by atoms with Gasteiger partial charge in [-0.1, -0.05) is 38.5 Å². The van der Waals surface area contributed by atoms with Crippen molar-refractivity contribution in [2.24, 2.45) is 0 Å². The van der Waals surface area contributed by atoms with Gasteiger partial charge in [0.2, 0.25) is 10.0 Å². The van der Waals surface area contributed by atoms with E-state index >= 15 is 0 Å². The summed E-state index contributed by atoms with van der Waals surface area (Å²) in [6.45, 7) is 4.14. The van der Waals surface area contributed by atoms with Gasteiger partial charge in [0.15, 0.2) is 0 Å². The molecule has 0 aliphatic heterocycles. The molecular weight excluding hydrogens is 362 g/mol. The summed E-state index contributed by atoms with van der Waals surface area (Å²) in [4.78, 5) is 0. The summed E-state index contributed by atoms with van der Waals surface area (Å²) in [5, 5.41) is -1.38. The molecule has 2 aliphatic carbocycles. The fraction of sp³-hybridized carbons (Fsp3) is 1.00. The molecule has 0 saturated heterocycles. The minimum absolute atomic E-state index is 0.0466. The zero-order chi connectivity index (χ0) is 18.9. The molecule has 0 amide bonds. The standard InChI is InChI=1S/C17H33NO5S2/c1-14(24(19,20)21)17(2,3)25(22,23)18(15-10-6-4-7-11-15)16-12-8-5-9-13-16/h14-16H,4-13H2,1-3H3,(H,19,20,21). The first-order chi connectivity index (χ1) is 11.5. The second-order valence-corrected chi connectivity index (χ2v) is 12.3. The van der Waals surface area contributed by atoms with Crippen molar-refractivity contribution >= 4 is 20.1 Å². The maximum atomic E-state index is 13.6. The molecule has 0 radical (unpaired) electrons. The molecule has 2 aliphatic rings. The van der Waals surface area contributed by atoms with E-state index in [9.17, 15) is 21.4 Å². The van der Waals surface area contributed by atoms with Gasteiger partial charge in [-0.05, 0) is 46.5 Å². The Hall–Kier alpha value is -0.180. The van der Waals surface area contributed by atoms with Gasteiger partial charge >= 0.3 is 0 Å². The van der Waals surface area contributed by atoms with Crippen LogP contribution in [-0.2, 0) is 20.1 Å². The van der Waals surface area contributed by atoms with Crippen molar-refractivity contribution in [2.45, 2.75) is 107 Å². The van der Waals surface area contributed by atoms with Crippen LogP contribution in [0.25, 0.3) is 0 Å². The lowest BCUT2D eigenvalue weighted by molar-refractivity contribution is 0.165. The van der Waals surface area contributed by atoms with Crippen LogP contribution < -0.4 is 0 Å². The first-order valence-electron chi connectivity index (χ1n) is 9.49. The second kappa shape index (κ2) is 7.82. The molecule has 1 unspecified atom stereocenters. The first-order valence-corrected chi connectivity index (χ1v) is 12.4. The van der Waals surface area contributed by atoms with Crippen LogP contribution in [0.15, 0.2) is 0 Å². The highest BCUT2D eigenvalue weighted by atomic mass is 32.2. The summed E-state index contributed by atoms with van der Waals surface area (Å²) in [6, 6.07) is -0.0931. The predicted molar refractivity (Wildman–Crippen MR) is 99.6 cm³/mol. The van der Waals surface area contributed by atoms with Crippen molar-refractivity contribution in [3.05, 3.63) is 0 Å². The molecule has 2 rings (SSSR count). The van der Waals surface area contributed by atoms with Crippen LogP contribution >= 0.6 is 0 Å². The molecule has 25 heavy (non-hydrogen) atoms. The quantitative estimate of drug-likeness (QED) is 0.696. The Bertz CT molecular complexity index is 627. The van der Waals surface area contributed by atoms with Gasteiger partial charge in [0.1, 0.15) is 5.25 Å². The molecule has 2 fully saturated rings. The Morgan fingerprint density at radius 2 is 1.20 bits per heavy atom. The number of hydrogen-bond donors (Lipinski definition) is 1. The fourth-order valence-corrected chi connectivity index (χ4v) is 7.82. The van der Waals surface area contributed by atoms with Crippen molar-refractivity contribution in [1.29, 1.82) is 0 Å². The van der Waals surface area contributed by atoms with E-state index in [0.29, 0.717) is 0 Å². The highest BCUT2D eigenvalue weighted by molar-refractivity contribution is 7.93. The van der Waals surface area contributed by atoms with Crippen molar-refractivity contribution in [1.82, 2.24) is 4.31 Å². The lowest BCUT2D eigenvalue weighted by Crippen LogP contribution is -2.58. The van der Waals surface area contributed by atoms with Gasteiger partial charge in [0, 0.05) is 12.1 Å². The number of sulfonamides is 1. The fourth-order valence-electron chi connectivity index (χ4n) is 4.20. The topological polar surface area (TPSA) is 91.8 Å². The molecule has 2 saturated carbocycles. The van der Waals surface area contributed by atoms with Crippen LogP contribution in [0.2, 0.25) is 0 Å². The predicted octanol–water partition coefficient (Wildman–Crippen LogP) is 3.34. The summed E-state index contributed by atoms with van der Waals surface area (Å²) in [7, 11) is -8.33. The molecule has 6 nitrogen and oxygen atoms in total. The minimum atomic E-state index is -4.44. The van der Waals surface area contributed by atoms with E-state index in [4.69, 9.17) is 0 Å². The number of rotatable bonds is 6. The maximum absolute atomic E-state index is 13.6. The van der Waals surface area contributed by atoms with Crippen molar-refractivity contribution in [3.63, 3.8) is 0 Å². The molecule has 0 heterocycles. The molecular formula is C17H33NO5S2. The van der Waals surface area contributed by atoms with E-state index < -0.39 is 30.1 Å². The van der Waals surface area contributed by atoms with Gasteiger partial charge in [-0.3, -0.25) is 4.55 Å². The Morgan fingerprint density at radius 1 is 0.840 bits per heavy atom. The maximum Gasteiger partial charge on any atom is 0.269 e. The Kier molecular flexibility index (Phi) is 6.61. The van der Waals surface area contributed by atoms with Gasteiger partial charge in [-0.2, -0.15) is 12.7 Å². The lowest BCUT2D eigenvalue weighted by atomic mass is 9.91.